The van der Waals surface area contributed by atoms with Gasteiger partial charge in [-0.1, -0.05) is 75.8 Å². The van der Waals surface area contributed by atoms with E-state index in [0.717, 1.165) is 61.4 Å². The summed E-state index contributed by atoms with van der Waals surface area (Å²) in [5, 5.41) is 10.8. The number of thioether (sulfide) groups is 1. The molecule has 1 saturated carbocycles. The van der Waals surface area contributed by atoms with Crippen molar-refractivity contribution in [3.8, 4) is 11.5 Å². The van der Waals surface area contributed by atoms with Crippen LogP contribution in [0.15, 0.2) is 72.4 Å². The molecule has 0 aromatic heterocycles. The minimum atomic E-state index is -0.908. The van der Waals surface area contributed by atoms with Gasteiger partial charge >= 0.3 is 17.4 Å². The van der Waals surface area contributed by atoms with E-state index in [1.54, 1.807) is 13.0 Å². The van der Waals surface area contributed by atoms with Gasteiger partial charge in [-0.25, -0.2) is 14.4 Å². The molecule has 0 amide bonds. The second-order valence-electron chi connectivity index (χ2n) is 13.9. The lowest BCUT2D eigenvalue weighted by Crippen LogP contribution is -2.54. The summed E-state index contributed by atoms with van der Waals surface area (Å²) in [5.41, 5.74) is 4.49. The molecule has 0 saturated heterocycles. The van der Waals surface area contributed by atoms with E-state index in [9.17, 15) is 24.3 Å². The monoisotopic (exact) mass is 720 g/mol. The third kappa shape index (κ3) is 9.07. The molecule has 10 heteroatoms. The molecule has 1 aromatic carbocycles. The third-order valence-corrected chi connectivity index (χ3v) is 11.2. The van der Waals surface area contributed by atoms with Crippen LogP contribution in [0.1, 0.15) is 83.8 Å². The molecule has 4 rings (SSSR count). The second-order valence-corrected chi connectivity index (χ2v) is 14.8. The van der Waals surface area contributed by atoms with E-state index in [1.165, 1.54) is 17.7 Å². The zero-order valence-corrected chi connectivity index (χ0v) is 31.4. The molecule has 0 aliphatic heterocycles. The van der Waals surface area contributed by atoms with Crippen molar-refractivity contribution in [2.24, 2.45) is 29.6 Å². The number of aromatic hydroxyl groups is 1. The summed E-state index contributed by atoms with van der Waals surface area (Å²) >= 11 is 0.888. The van der Waals surface area contributed by atoms with Crippen LogP contribution in [0.5, 0.6) is 11.5 Å². The van der Waals surface area contributed by atoms with Crippen molar-refractivity contribution in [3.63, 3.8) is 0 Å². The maximum absolute atomic E-state index is 13.7. The highest BCUT2D eigenvalue weighted by Gasteiger charge is 2.62. The Morgan fingerprint density at radius 2 is 1.82 bits per heavy atom. The maximum atomic E-state index is 13.7. The molecule has 9 nitrogen and oxygen atoms in total. The largest absolute Gasteiger partial charge is 0.508 e. The molecule has 7 atom stereocenters. The van der Waals surface area contributed by atoms with Crippen molar-refractivity contribution >= 4 is 35.0 Å². The van der Waals surface area contributed by atoms with Crippen molar-refractivity contribution in [3.05, 3.63) is 83.5 Å². The number of ether oxygens (including phenoxy) is 4. The highest BCUT2D eigenvalue weighted by molar-refractivity contribution is 8.13. The highest BCUT2D eigenvalue weighted by atomic mass is 32.2. The number of allylic oxidation sites excluding steroid dienone is 3. The molecule has 1 fully saturated rings. The van der Waals surface area contributed by atoms with Gasteiger partial charge in [0, 0.05) is 22.8 Å². The molecular weight excluding hydrogens is 669 g/mol. The van der Waals surface area contributed by atoms with Gasteiger partial charge in [-0.3, -0.25) is 4.79 Å². The fraction of sp³-hybridized carbons (Fsp3) is 0.512. The third-order valence-electron chi connectivity index (χ3n) is 10.4. The van der Waals surface area contributed by atoms with Crippen molar-refractivity contribution in [2.45, 2.75) is 85.2 Å². The minimum absolute atomic E-state index is 0.0271. The molecule has 3 aliphatic carbocycles. The van der Waals surface area contributed by atoms with E-state index in [1.807, 2.05) is 19.9 Å². The van der Waals surface area contributed by atoms with Gasteiger partial charge in [0.05, 0.1) is 11.8 Å². The van der Waals surface area contributed by atoms with E-state index in [4.69, 9.17) is 18.9 Å². The smallest absolute Gasteiger partial charge is 0.507 e. The van der Waals surface area contributed by atoms with E-state index >= 15 is 0 Å². The molecule has 0 radical (unpaired) electrons. The molecule has 0 bridgehead atoms. The molecular formula is C41H52O9S. The zero-order chi connectivity index (χ0) is 37.4. The van der Waals surface area contributed by atoms with Crippen LogP contribution in [0.2, 0.25) is 0 Å². The first-order valence-corrected chi connectivity index (χ1v) is 18.8. The molecule has 2 unspecified atom stereocenters. The first-order chi connectivity index (χ1) is 24.3. The number of aryl methyl sites for hydroxylation is 1. The van der Waals surface area contributed by atoms with Gasteiger partial charge in [0.2, 0.25) is 0 Å². The van der Waals surface area contributed by atoms with Crippen molar-refractivity contribution < 1.29 is 43.2 Å². The Bertz CT molecular complexity index is 1600. The Morgan fingerprint density at radius 1 is 1.12 bits per heavy atom. The number of Topliss-reactive ketones (excluding diaryl/α,β-unsaturated/α-hetero) is 1. The van der Waals surface area contributed by atoms with Gasteiger partial charge in [-0.05, 0) is 99.2 Å². The number of carbonyl (C=O) groups is 4. The number of fused-ring (bicyclic) bond motifs is 1. The van der Waals surface area contributed by atoms with Gasteiger partial charge in [-0.2, -0.15) is 0 Å². The summed E-state index contributed by atoms with van der Waals surface area (Å²) in [6, 6.07) is 3.64. The van der Waals surface area contributed by atoms with Crippen LogP contribution in [-0.2, 0) is 30.2 Å². The first kappa shape index (κ1) is 39.7. The van der Waals surface area contributed by atoms with Crippen LogP contribution < -0.4 is 4.74 Å². The minimum Gasteiger partial charge on any atom is -0.507 e. The molecule has 1 aromatic rings. The summed E-state index contributed by atoms with van der Waals surface area (Å²) in [6.45, 7) is 21.0. The van der Waals surface area contributed by atoms with Crippen molar-refractivity contribution in [2.75, 3.05) is 19.0 Å². The van der Waals surface area contributed by atoms with Crippen molar-refractivity contribution in [1.29, 1.82) is 0 Å². The lowest BCUT2D eigenvalue weighted by molar-refractivity contribution is -0.153. The number of benzene rings is 1. The molecule has 3 aliphatic rings. The summed E-state index contributed by atoms with van der Waals surface area (Å²) in [5.74, 6) is -2.57. The van der Waals surface area contributed by atoms with E-state index < -0.39 is 35.4 Å². The number of phenolic OH excluding ortho intramolecular Hbond substituents is 1. The number of rotatable bonds is 16. The average Bonchev–Trinajstić information content (AvgIpc) is 3.32. The Labute approximate surface area is 306 Å². The molecule has 276 valence electrons. The van der Waals surface area contributed by atoms with Crippen LogP contribution in [-0.4, -0.2) is 53.4 Å². The first-order valence-electron chi connectivity index (χ1n) is 17.9. The Kier molecular flexibility index (Phi) is 14.0. The van der Waals surface area contributed by atoms with Gasteiger partial charge in [-0.15, -0.1) is 0 Å². The van der Waals surface area contributed by atoms with E-state index in [2.05, 4.69) is 39.7 Å². The van der Waals surface area contributed by atoms with Gasteiger partial charge < -0.3 is 24.1 Å². The number of phenols is 1. The quantitative estimate of drug-likeness (QED) is 0.100. The van der Waals surface area contributed by atoms with E-state index in [-0.39, 0.29) is 59.7 Å². The van der Waals surface area contributed by atoms with Crippen LogP contribution in [0.4, 0.5) is 9.59 Å². The van der Waals surface area contributed by atoms with Gasteiger partial charge in [0.25, 0.3) is 0 Å². The summed E-state index contributed by atoms with van der Waals surface area (Å²) in [7, 11) is 0. The van der Waals surface area contributed by atoms with Crippen LogP contribution >= 0.6 is 11.8 Å². The molecule has 51 heavy (non-hydrogen) atoms. The Balaban J connectivity index is 1.60. The number of ketones is 1. The predicted octanol–water partition coefficient (Wildman–Crippen LogP) is 9.21. The number of carbonyl (C=O) groups excluding carboxylic acids is 4. The highest BCUT2D eigenvalue weighted by Crippen LogP contribution is 2.57. The second kappa shape index (κ2) is 17.9. The fourth-order valence-electron chi connectivity index (χ4n) is 7.87. The van der Waals surface area contributed by atoms with Gasteiger partial charge in [0.15, 0.2) is 0 Å². The number of unbranched alkanes of at least 4 members (excludes halogenated alkanes) is 2. The zero-order valence-electron chi connectivity index (χ0n) is 30.5. The SMILES string of the molecule is C=CCOC(=O)O[C@H](C)[C@H]1C(=O)C2C(C(=O)OCC=C)=C(CSC(=O)Oc3cc(CCCCC)cc(O)c3[C@@H]3C=C(C)CC[C@H]3C(=C)C)[C@H](C)C21. The molecule has 0 spiro atoms. The van der Waals surface area contributed by atoms with Gasteiger partial charge in [0.1, 0.15) is 36.6 Å². The summed E-state index contributed by atoms with van der Waals surface area (Å²) in [4.78, 5) is 52.7. The van der Waals surface area contributed by atoms with E-state index in [0.29, 0.717) is 16.9 Å². The molecule has 0 heterocycles. The average molecular weight is 721 g/mol. The number of hydrogen-bond acceptors (Lipinski definition) is 10. The summed E-state index contributed by atoms with van der Waals surface area (Å²) < 4.78 is 21.8. The lowest BCUT2D eigenvalue weighted by Gasteiger charge is -2.44. The number of hydrogen-bond donors (Lipinski definition) is 1. The Hall–Kier alpha value is -4.05. The standard InChI is InChI=1S/C41H52O9S/c1-9-12-13-14-27-20-31(42)35(29-19-24(6)15-16-28(29)23(4)5)32(21-27)50-41(46)51-22-30-25(7)33-34(26(8)49-40(45)48-18-11-3)38(43)37(33)36(30)39(44)47-17-10-2/h10-11,19-21,25-26,28-29,33-34,37,42H,2-4,9,12-18,22H2,1,5-8H3/t25-,26+,28-,29+,33?,34+,37?/m0/s1. The number of esters is 1. The van der Waals surface area contributed by atoms with Crippen molar-refractivity contribution in [1.82, 2.24) is 0 Å². The Morgan fingerprint density at radius 3 is 2.49 bits per heavy atom. The lowest BCUT2D eigenvalue weighted by atomic mass is 9.59. The van der Waals surface area contributed by atoms with Crippen LogP contribution in [0, 0.1) is 29.6 Å². The van der Waals surface area contributed by atoms with Crippen LogP contribution in [0.3, 0.4) is 0 Å². The normalized spacial score (nSPS) is 24.4. The maximum Gasteiger partial charge on any atom is 0.508 e. The topological polar surface area (TPSA) is 125 Å². The van der Waals surface area contributed by atoms with Crippen LogP contribution in [0.25, 0.3) is 0 Å². The summed E-state index contributed by atoms with van der Waals surface area (Å²) in [6.07, 6.45) is 8.85. The molecule has 1 N–H and O–H groups in total. The fourth-order valence-corrected chi connectivity index (χ4v) is 8.71. The predicted molar refractivity (Wildman–Crippen MR) is 199 cm³/mol.